The molecule has 1 aromatic carbocycles. The van der Waals surface area contributed by atoms with Crippen molar-refractivity contribution >= 4 is 39.3 Å². The summed E-state index contributed by atoms with van der Waals surface area (Å²) in [6, 6.07) is 11.5. The van der Waals surface area contributed by atoms with E-state index in [0.29, 0.717) is 10.4 Å². The van der Waals surface area contributed by atoms with Crippen LogP contribution in [0.5, 0.6) is 0 Å². The highest BCUT2D eigenvalue weighted by Crippen LogP contribution is 2.28. The molecule has 1 aromatic heterocycles. The van der Waals surface area contributed by atoms with E-state index in [1.807, 2.05) is 24.3 Å². The summed E-state index contributed by atoms with van der Waals surface area (Å²) in [5, 5.41) is 2.94. The lowest BCUT2D eigenvalue weighted by atomic mass is 10.2. The van der Waals surface area contributed by atoms with Gasteiger partial charge in [-0.05, 0) is 59.1 Å². The maximum atomic E-state index is 12.1. The number of para-hydroxylation sites is 2. The SMILES string of the molecule is O=C(C=Cc1ccc(Br)o1)Nc1ccccc1N1CCCC1. The van der Waals surface area contributed by atoms with Crippen molar-refractivity contribution in [3.8, 4) is 0 Å². The zero-order chi connectivity index (χ0) is 15.4. The molecule has 3 rings (SSSR count). The highest BCUT2D eigenvalue weighted by atomic mass is 79.9. The van der Waals surface area contributed by atoms with Crippen molar-refractivity contribution < 1.29 is 9.21 Å². The first-order valence-corrected chi connectivity index (χ1v) is 8.10. The third-order valence-corrected chi connectivity index (χ3v) is 4.03. The fraction of sp³-hybridized carbons (Fsp3) is 0.235. The monoisotopic (exact) mass is 360 g/mol. The van der Waals surface area contributed by atoms with Crippen molar-refractivity contribution in [3.63, 3.8) is 0 Å². The van der Waals surface area contributed by atoms with Crippen LogP contribution in [0.4, 0.5) is 11.4 Å². The second kappa shape index (κ2) is 6.83. The molecule has 1 fully saturated rings. The van der Waals surface area contributed by atoms with E-state index < -0.39 is 0 Å². The maximum absolute atomic E-state index is 12.1. The number of nitrogens with zero attached hydrogens (tertiary/aromatic N) is 1. The normalized spacial score (nSPS) is 14.7. The minimum absolute atomic E-state index is 0.167. The van der Waals surface area contributed by atoms with Gasteiger partial charge in [0.25, 0.3) is 0 Å². The van der Waals surface area contributed by atoms with Crippen LogP contribution in [0.2, 0.25) is 0 Å². The number of hydrogen-bond acceptors (Lipinski definition) is 3. The van der Waals surface area contributed by atoms with Crippen molar-refractivity contribution in [1.29, 1.82) is 0 Å². The molecular formula is C17H17BrN2O2. The second-order valence-corrected chi connectivity index (χ2v) is 5.96. The lowest BCUT2D eigenvalue weighted by Gasteiger charge is -2.21. The summed E-state index contributed by atoms with van der Waals surface area (Å²) in [7, 11) is 0. The minimum atomic E-state index is -0.167. The van der Waals surface area contributed by atoms with Crippen LogP contribution in [0.3, 0.4) is 0 Å². The van der Waals surface area contributed by atoms with Gasteiger partial charge in [0.2, 0.25) is 5.91 Å². The molecule has 1 aliphatic rings. The van der Waals surface area contributed by atoms with Crippen molar-refractivity contribution in [2.75, 3.05) is 23.3 Å². The predicted molar refractivity (Wildman–Crippen MR) is 92.0 cm³/mol. The Labute approximate surface area is 137 Å². The fourth-order valence-corrected chi connectivity index (χ4v) is 2.88. The highest BCUT2D eigenvalue weighted by Gasteiger charge is 2.15. The molecule has 1 amide bonds. The standard InChI is InChI=1S/C17H17BrN2O2/c18-16-9-7-13(22-16)8-10-17(21)19-14-5-1-2-6-15(14)20-11-3-4-12-20/h1-2,5-10H,3-4,11-12H2,(H,19,21). The third kappa shape index (κ3) is 3.60. The lowest BCUT2D eigenvalue weighted by Crippen LogP contribution is -2.20. The highest BCUT2D eigenvalue weighted by molar-refractivity contribution is 9.10. The van der Waals surface area contributed by atoms with Gasteiger partial charge in [0, 0.05) is 19.2 Å². The van der Waals surface area contributed by atoms with Gasteiger partial charge in [-0.3, -0.25) is 4.79 Å². The van der Waals surface area contributed by atoms with Crippen LogP contribution in [-0.2, 0) is 4.79 Å². The van der Waals surface area contributed by atoms with Crippen molar-refractivity contribution in [2.45, 2.75) is 12.8 Å². The Morgan fingerprint density at radius 1 is 1.18 bits per heavy atom. The molecule has 5 heteroatoms. The largest absolute Gasteiger partial charge is 0.450 e. The summed E-state index contributed by atoms with van der Waals surface area (Å²) in [5.41, 5.74) is 1.93. The van der Waals surface area contributed by atoms with Crippen LogP contribution >= 0.6 is 15.9 Å². The number of carbonyl (C=O) groups excluding carboxylic acids is 1. The Balaban J connectivity index is 1.70. The molecule has 0 atom stereocenters. The zero-order valence-corrected chi connectivity index (χ0v) is 13.7. The van der Waals surface area contributed by atoms with Gasteiger partial charge < -0.3 is 14.6 Å². The van der Waals surface area contributed by atoms with E-state index in [1.165, 1.54) is 18.9 Å². The summed E-state index contributed by atoms with van der Waals surface area (Å²) in [6.07, 6.45) is 5.54. The van der Waals surface area contributed by atoms with E-state index in [2.05, 4.69) is 26.1 Å². The van der Waals surface area contributed by atoms with E-state index in [0.717, 1.165) is 24.5 Å². The minimum Gasteiger partial charge on any atom is -0.450 e. The molecule has 4 nitrogen and oxygen atoms in total. The van der Waals surface area contributed by atoms with Gasteiger partial charge in [0.15, 0.2) is 4.67 Å². The second-order valence-electron chi connectivity index (χ2n) is 5.18. The van der Waals surface area contributed by atoms with E-state index >= 15 is 0 Å². The van der Waals surface area contributed by atoms with Crippen LogP contribution in [0.1, 0.15) is 18.6 Å². The lowest BCUT2D eigenvalue weighted by molar-refractivity contribution is -0.111. The topological polar surface area (TPSA) is 45.5 Å². The van der Waals surface area contributed by atoms with Gasteiger partial charge in [-0.15, -0.1) is 0 Å². The van der Waals surface area contributed by atoms with Gasteiger partial charge in [-0.2, -0.15) is 0 Å². The molecule has 1 saturated heterocycles. The Kier molecular flexibility index (Phi) is 4.63. The maximum Gasteiger partial charge on any atom is 0.248 e. The van der Waals surface area contributed by atoms with Crippen molar-refractivity contribution in [3.05, 3.63) is 52.9 Å². The number of amides is 1. The Bertz CT molecular complexity index is 687. The first kappa shape index (κ1) is 14.9. The number of rotatable bonds is 4. The number of nitrogens with one attached hydrogen (secondary N) is 1. The van der Waals surface area contributed by atoms with E-state index in [-0.39, 0.29) is 5.91 Å². The Hall–Kier alpha value is -2.01. The molecular weight excluding hydrogens is 344 g/mol. The number of benzene rings is 1. The van der Waals surface area contributed by atoms with E-state index in [1.54, 1.807) is 18.2 Å². The molecule has 0 bridgehead atoms. The summed E-state index contributed by atoms with van der Waals surface area (Å²) >= 11 is 3.23. The number of carbonyl (C=O) groups is 1. The van der Waals surface area contributed by atoms with Crippen molar-refractivity contribution in [1.82, 2.24) is 0 Å². The molecule has 0 saturated carbocycles. The molecule has 0 spiro atoms. The van der Waals surface area contributed by atoms with Gasteiger partial charge in [-0.1, -0.05) is 12.1 Å². The third-order valence-electron chi connectivity index (χ3n) is 3.60. The molecule has 114 valence electrons. The number of hydrogen-bond donors (Lipinski definition) is 1. The average Bonchev–Trinajstić information content (AvgIpc) is 3.17. The molecule has 0 unspecified atom stereocenters. The zero-order valence-electron chi connectivity index (χ0n) is 12.1. The molecule has 2 heterocycles. The molecule has 1 N–H and O–H groups in total. The van der Waals surface area contributed by atoms with Gasteiger partial charge in [-0.25, -0.2) is 0 Å². The van der Waals surface area contributed by atoms with Gasteiger partial charge >= 0.3 is 0 Å². The molecule has 0 radical (unpaired) electrons. The number of halogens is 1. The average molecular weight is 361 g/mol. The van der Waals surface area contributed by atoms with Crippen LogP contribution in [0.25, 0.3) is 6.08 Å². The van der Waals surface area contributed by atoms with Crippen LogP contribution in [-0.4, -0.2) is 19.0 Å². The summed E-state index contributed by atoms with van der Waals surface area (Å²) in [6.45, 7) is 2.09. The predicted octanol–water partition coefficient (Wildman–Crippen LogP) is 4.29. The number of anilines is 2. The first-order chi connectivity index (χ1) is 10.7. The molecule has 2 aromatic rings. The molecule has 22 heavy (non-hydrogen) atoms. The van der Waals surface area contributed by atoms with Crippen molar-refractivity contribution in [2.24, 2.45) is 0 Å². The van der Waals surface area contributed by atoms with E-state index in [9.17, 15) is 4.79 Å². The van der Waals surface area contributed by atoms with Gasteiger partial charge in [0.1, 0.15) is 5.76 Å². The summed E-state index contributed by atoms with van der Waals surface area (Å²) in [5.74, 6) is 0.467. The molecule has 1 aliphatic heterocycles. The van der Waals surface area contributed by atoms with Crippen LogP contribution < -0.4 is 10.2 Å². The smallest absolute Gasteiger partial charge is 0.248 e. The summed E-state index contributed by atoms with van der Waals surface area (Å²) in [4.78, 5) is 14.4. The Morgan fingerprint density at radius 3 is 2.68 bits per heavy atom. The van der Waals surface area contributed by atoms with Crippen LogP contribution in [0, 0.1) is 0 Å². The van der Waals surface area contributed by atoms with E-state index in [4.69, 9.17) is 4.42 Å². The Morgan fingerprint density at radius 2 is 1.95 bits per heavy atom. The van der Waals surface area contributed by atoms with Crippen LogP contribution in [0.15, 0.2) is 51.6 Å². The molecule has 0 aliphatic carbocycles. The quantitative estimate of drug-likeness (QED) is 0.827. The summed E-state index contributed by atoms with van der Waals surface area (Å²) < 4.78 is 5.98. The number of furan rings is 1. The fourth-order valence-electron chi connectivity index (χ4n) is 2.56. The van der Waals surface area contributed by atoms with Gasteiger partial charge in [0.05, 0.1) is 11.4 Å². The first-order valence-electron chi connectivity index (χ1n) is 7.31.